The Morgan fingerprint density at radius 3 is 1.80 bits per heavy atom. The van der Waals surface area contributed by atoms with E-state index in [0.717, 1.165) is 16.0 Å². The zero-order valence-electron chi connectivity index (χ0n) is 7.74. The molecule has 0 saturated carbocycles. The van der Waals surface area contributed by atoms with Gasteiger partial charge in [0.1, 0.15) is 0 Å². The molecular formula is C12H8Cl2S. The van der Waals surface area contributed by atoms with Crippen molar-refractivity contribution in [3.63, 3.8) is 0 Å². The molecule has 3 heteroatoms. The minimum absolute atomic E-state index is 0.646. The van der Waals surface area contributed by atoms with Crippen LogP contribution >= 0.6 is 35.8 Å². The Kier molecular flexibility index (Phi) is 3.25. The normalized spacial score (nSPS) is 10.3. The Balaban J connectivity index is 2.49. The molecule has 0 fully saturated rings. The van der Waals surface area contributed by atoms with Crippen LogP contribution in [0.15, 0.2) is 47.4 Å². The van der Waals surface area contributed by atoms with Crippen molar-refractivity contribution in [2.24, 2.45) is 0 Å². The summed E-state index contributed by atoms with van der Waals surface area (Å²) in [5.41, 5.74) is 2.10. The number of rotatable bonds is 1. The van der Waals surface area contributed by atoms with Crippen molar-refractivity contribution in [3.8, 4) is 11.1 Å². The molecule has 0 nitrogen and oxygen atoms in total. The second kappa shape index (κ2) is 4.48. The van der Waals surface area contributed by atoms with Crippen LogP contribution in [0.2, 0.25) is 10.0 Å². The van der Waals surface area contributed by atoms with Gasteiger partial charge in [-0.05, 0) is 41.5 Å². The first-order valence-electron chi connectivity index (χ1n) is 4.40. The molecule has 0 heterocycles. The molecule has 0 spiro atoms. The van der Waals surface area contributed by atoms with Crippen LogP contribution in [0.4, 0.5) is 0 Å². The highest BCUT2D eigenvalue weighted by molar-refractivity contribution is 7.80. The summed E-state index contributed by atoms with van der Waals surface area (Å²) >= 11 is 16.1. The summed E-state index contributed by atoms with van der Waals surface area (Å²) in [6, 6.07) is 13.4. The highest BCUT2D eigenvalue weighted by Crippen LogP contribution is 2.27. The maximum atomic E-state index is 5.93. The van der Waals surface area contributed by atoms with Crippen molar-refractivity contribution in [3.05, 3.63) is 52.5 Å². The van der Waals surface area contributed by atoms with Gasteiger partial charge in [0.2, 0.25) is 0 Å². The van der Waals surface area contributed by atoms with E-state index in [1.54, 1.807) is 6.07 Å². The quantitative estimate of drug-likeness (QED) is 0.685. The first kappa shape index (κ1) is 10.9. The first-order chi connectivity index (χ1) is 7.15. The lowest BCUT2D eigenvalue weighted by atomic mass is 10.1. The Morgan fingerprint density at radius 2 is 1.27 bits per heavy atom. The van der Waals surface area contributed by atoms with Gasteiger partial charge in [0.15, 0.2) is 0 Å². The number of halogens is 2. The van der Waals surface area contributed by atoms with Gasteiger partial charge in [-0.1, -0.05) is 35.3 Å². The van der Waals surface area contributed by atoms with Gasteiger partial charge in [0, 0.05) is 14.9 Å². The zero-order valence-corrected chi connectivity index (χ0v) is 10.2. The van der Waals surface area contributed by atoms with Gasteiger partial charge in [0.05, 0.1) is 0 Å². The van der Waals surface area contributed by atoms with Crippen LogP contribution < -0.4 is 0 Å². The minimum Gasteiger partial charge on any atom is -0.143 e. The summed E-state index contributed by atoms with van der Waals surface area (Å²) in [5.74, 6) is 0. The molecule has 0 saturated heterocycles. The van der Waals surface area contributed by atoms with Gasteiger partial charge >= 0.3 is 0 Å². The number of hydrogen-bond donors (Lipinski definition) is 1. The molecule has 0 amide bonds. The summed E-state index contributed by atoms with van der Waals surface area (Å²) in [4.78, 5) is 0.937. The monoisotopic (exact) mass is 254 g/mol. The molecule has 2 rings (SSSR count). The van der Waals surface area contributed by atoms with Crippen LogP contribution in [0.25, 0.3) is 11.1 Å². The lowest BCUT2D eigenvalue weighted by molar-refractivity contribution is 1.47. The Hall–Kier alpha value is -0.630. The largest absolute Gasteiger partial charge is 0.143 e. The highest BCUT2D eigenvalue weighted by atomic mass is 35.5. The lowest BCUT2D eigenvalue weighted by Crippen LogP contribution is -1.78. The molecule has 0 aliphatic carbocycles. The van der Waals surface area contributed by atoms with Crippen molar-refractivity contribution in [1.29, 1.82) is 0 Å². The molecule has 0 atom stereocenters. The van der Waals surface area contributed by atoms with E-state index >= 15 is 0 Å². The highest BCUT2D eigenvalue weighted by Gasteiger charge is 2.00. The van der Waals surface area contributed by atoms with Crippen molar-refractivity contribution < 1.29 is 0 Å². The smallest absolute Gasteiger partial charge is 0.0426 e. The molecule has 0 aliphatic heterocycles. The number of hydrogen-bond acceptors (Lipinski definition) is 1. The summed E-state index contributed by atoms with van der Waals surface area (Å²) in [7, 11) is 0. The summed E-state index contributed by atoms with van der Waals surface area (Å²) in [6.45, 7) is 0. The maximum absolute atomic E-state index is 5.93. The van der Waals surface area contributed by atoms with Crippen LogP contribution in [-0.2, 0) is 0 Å². The average molecular weight is 255 g/mol. The van der Waals surface area contributed by atoms with Gasteiger partial charge in [-0.2, -0.15) is 0 Å². The summed E-state index contributed by atoms with van der Waals surface area (Å²) in [5, 5.41) is 1.29. The second-order valence-electron chi connectivity index (χ2n) is 3.20. The van der Waals surface area contributed by atoms with E-state index in [-0.39, 0.29) is 0 Å². The summed E-state index contributed by atoms with van der Waals surface area (Å²) < 4.78 is 0. The fraction of sp³-hybridized carbons (Fsp3) is 0. The third-order valence-corrected chi connectivity index (χ3v) is 2.80. The SMILES string of the molecule is Sc1ccc(-c2cc(Cl)cc(Cl)c2)cc1. The lowest BCUT2D eigenvalue weighted by Gasteiger charge is -2.03. The average Bonchev–Trinajstić information content (AvgIpc) is 2.17. The van der Waals surface area contributed by atoms with Crippen molar-refractivity contribution >= 4 is 35.8 Å². The second-order valence-corrected chi connectivity index (χ2v) is 4.59. The van der Waals surface area contributed by atoms with Crippen LogP contribution in [-0.4, -0.2) is 0 Å². The molecule has 2 aromatic rings. The number of benzene rings is 2. The van der Waals surface area contributed by atoms with Crippen LogP contribution in [0.1, 0.15) is 0 Å². The predicted molar refractivity (Wildman–Crippen MR) is 69.2 cm³/mol. The van der Waals surface area contributed by atoms with Crippen molar-refractivity contribution in [1.82, 2.24) is 0 Å². The topological polar surface area (TPSA) is 0 Å². The molecule has 15 heavy (non-hydrogen) atoms. The molecule has 2 aromatic carbocycles. The fourth-order valence-corrected chi connectivity index (χ4v) is 2.05. The van der Waals surface area contributed by atoms with Crippen LogP contribution in [0.3, 0.4) is 0 Å². The maximum Gasteiger partial charge on any atom is 0.0426 e. The van der Waals surface area contributed by atoms with Gasteiger partial charge in [-0.3, -0.25) is 0 Å². The Bertz CT molecular complexity index is 457. The van der Waals surface area contributed by atoms with E-state index in [2.05, 4.69) is 12.6 Å². The van der Waals surface area contributed by atoms with Crippen LogP contribution in [0, 0.1) is 0 Å². The predicted octanol–water partition coefficient (Wildman–Crippen LogP) is 4.95. The van der Waals surface area contributed by atoms with Gasteiger partial charge < -0.3 is 0 Å². The number of thiol groups is 1. The van der Waals surface area contributed by atoms with E-state index in [1.807, 2.05) is 36.4 Å². The molecule has 0 radical (unpaired) electrons. The van der Waals surface area contributed by atoms with Crippen molar-refractivity contribution in [2.45, 2.75) is 4.90 Å². The summed E-state index contributed by atoms with van der Waals surface area (Å²) in [6.07, 6.45) is 0. The molecule has 0 aromatic heterocycles. The van der Waals surface area contributed by atoms with Crippen molar-refractivity contribution in [2.75, 3.05) is 0 Å². The van der Waals surface area contributed by atoms with E-state index in [4.69, 9.17) is 23.2 Å². The minimum atomic E-state index is 0.646. The Morgan fingerprint density at radius 1 is 0.733 bits per heavy atom. The molecule has 76 valence electrons. The molecule has 0 bridgehead atoms. The molecular weight excluding hydrogens is 247 g/mol. The van der Waals surface area contributed by atoms with Gasteiger partial charge in [-0.15, -0.1) is 12.6 Å². The third kappa shape index (κ3) is 2.69. The zero-order chi connectivity index (χ0) is 10.8. The molecule has 0 aliphatic rings. The first-order valence-corrected chi connectivity index (χ1v) is 5.61. The standard InChI is InChI=1S/C12H8Cl2S/c13-10-5-9(6-11(14)7-10)8-1-3-12(15)4-2-8/h1-7,15H. The third-order valence-electron chi connectivity index (χ3n) is 2.06. The van der Waals surface area contributed by atoms with E-state index < -0.39 is 0 Å². The van der Waals surface area contributed by atoms with Gasteiger partial charge in [-0.25, -0.2) is 0 Å². The van der Waals surface area contributed by atoms with Gasteiger partial charge in [0.25, 0.3) is 0 Å². The molecule has 0 N–H and O–H groups in total. The van der Waals surface area contributed by atoms with Crippen LogP contribution in [0.5, 0.6) is 0 Å². The van der Waals surface area contributed by atoms with E-state index in [0.29, 0.717) is 10.0 Å². The van der Waals surface area contributed by atoms with E-state index in [1.165, 1.54) is 0 Å². The fourth-order valence-electron chi connectivity index (χ4n) is 1.37. The molecule has 0 unspecified atom stereocenters. The van der Waals surface area contributed by atoms with E-state index in [9.17, 15) is 0 Å². The Labute approximate surface area is 104 Å².